The molecule has 1 aliphatic rings. The molecule has 1 aliphatic carbocycles. The number of para-hydroxylation sites is 1. The number of methoxy groups -OCH3 is 1. The minimum Gasteiger partial charge on any atom is -0.461 e. The van der Waals surface area contributed by atoms with Crippen molar-refractivity contribution in [2.24, 2.45) is 17.0 Å². The van der Waals surface area contributed by atoms with Crippen molar-refractivity contribution in [2.45, 2.75) is 90.3 Å². The highest BCUT2D eigenvalue weighted by molar-refractivity contribution is 5.93. The normalized spacial score (nSPS) is 21.3. The molecule has 1 saturated carbocycles. The highest BCUT2D eigenvalue weighted by Crippen LogP contribution is 2.26. The molecule has 10 nitrogen and oxygen atoms in total. The largest absolute Gasteiger partial charge is 0.461 e. The van der Waals surface area contributed by atoms with Crippen LogP contribution < -0.4 is 5.32 Å². The van der Waals surface area contributed by atoms with Crippen LogP contribution in [0.1, 0.15) is 58.9 Å². The van der Waals surface area contributed by atoms with Gasteiger partial charge in [-0.2, -0.15) is 0 Å². The number of nitrogens with one attached hydrogen (secondary N) is 2. The Morgan fingerprint density at radius 3 is 2.46 bits per heavy atom. The second-order valence-corrected chi connectivity index (χ2v) is 10.9. The molecule has 0 unspecified atom stereocenters. The molecular formula is C29H43N3O7. The topological polar surface area (TPSA) is 142 Å². The average Bonchev–Trinajstić information content (AvgIpc) is 3.31. The van der Waals surface area contributed by atoms with Crippen molar-refractivity contribution in [1.82, 2.24) is 10.3 Å². The number of aromatic nitrogens is 1. The Kier molecular flexibility index (Phi) is 11.3. The van der Waals surface area contributed by atoms with E-state index in [1.807, 2.05) is 44.3 Å². The number of aliphatic hydroxyl groups excluding tert-OH is 2. The third-order valence-corrected chi connectivity index (χ3v) is 7.24. The molecule has 10 heteroatoms. The van der Waals surface area contributed by atoms with Gasteiger partial charge in [-0.05, 0) is 56.1 Å². The number of esters is 1. The van der Waals surface area contributed by atoms with Crippen LogP contribution in [0.25, 0.3) is 10.9 Å². The van der Waals surface area contributed by atoms with Crippen LogP contribution in [0.3, 0.4) is 0 Å². The van der Waals surface area contributed by atoms with Gasteiger partial charge in [0.15, 0.2) is 6.61 Å². The Labute approximate surface area is 230 Å². The van der Waals surface area contributed by atoms with Crippen molar-refractivity contribution in [2.75, 3.05) is 13.7 Å². The fourth-order valence-corrected chi connectivity index (χ4v) is 4.96. The summed E-state index contributed by atoms with van der Waals surface area (Å²) < 4.78 is 11.3. The number of amides is 1. The molecule has 0 radical (unpaired) electrons. The number of hydrogen-bond donors (Lipinski definition) is 4. The van der Waals surface area contributed by atoms with E-state index in [1.54, 1.807) is 0 Å². The Morgan fingerprint density at radius 2 is 1.82 bits per heavy atom. The number of rotatable bonds is 13. The molecule has 1 aromatic heterocycles. The SMILES string of the molecule is CO[C@H](/C(=N/OCC(=O)N[C@@H](Cc1c[nH]c2ccccc12)C(=O)OC1CCC(C)CC1)[C@@H](O)[C@@H](C)O)C(C)C. The maximum Gasteiger partial charge on any atom is 0.329 e. The number of fused-ring (bicyclic) bond motifs is 1. The molecule has 4 atom stereocenters. The Balaban J connectivity index is 1.72. The lowest BCUT2D eigenvalue weighted by Gasteiger charge is -2.28. The molecule has 0 saturated heterocycles. The van der Waals surface area contributed by atoms with E-state index in [4.69, 9.17) is 14.3 Å². The van der Waals surface area contributed by atoms with Gasteiger partial charge >= 0.3 is 5.97 Å². The van der Waals surface area contributed by atoms with Crippen molar-refractivity contribution in [3.05, 3.63) is 36.0 Å². The number of nitrogens with zero attached hydrogens (tertiary/aromatic N) is 1. The molecule has 39 heavy (non-hydrogen) atoms. The lowest BCUT2D eigenvalue weighted by atomic mass is 9.89. The number of aliphatic hydroxyl groups is 2. The first-order valence-corrected chi connectivity index (χ1v) is 13.7. The molecule has 2 aromatic rings. The summed E-state index contributed by atoms with van der Waals surface area (Å²) in [5, 5.41) is 28.0. The molecule has 1 fully saturated rings. The molecule has 1 aromatic carbocycles. The number of H-pyrrole nitrogens is 1. The van der Waals surface area contributed by atoms with Gasteiger partial charge in [-0.3, -0.25) is 4.79 Å². The van der Waals surface area contributed by atoms with Gasteiger partial charge in [0.25, 0.3) is 5.91 Å². The minimum absolute atomic E-state index is 0.0716. The quantitative estimate of drug-likeness (QED) is 0.172. The van der Waals surface area contributed by atoms with Gasteiger partial charge in [0, 0.05) is 30.6 Å². The second-order valence-electron chi connectivity index (χ2n) is 10.9. The lowest BCUT2D eigenvalue weighted by Crippen LogP contribution is -2.46. The van der Waals surface area contributed by atoms with Crippen LogP contribution in [0.2, 0.25) is 0 Å². The number of hydrogen-bond acceptors (Lipinski definition) is 8. The molecule has 0 bridgehead atoms. The van der Waals surface area contributed by atoms with Crippen LogP contribution >= 0.6 is 0 Å². The number of aromatic amines is 1. The number of oxime groups is 1. The van der Waals surface area contributed by atoms with E-state index in [2.05, 4.69) is 22.4 Å². The summed E-state index contributed by atoms with van der Waals surface area (Å²) in [6, 6.07) is 6.83. The van der Waals surface area contributed by atoms with E-state index in [1.165, 1.54) is 14.0 Å². The smallest absolute Gasteiger partial charge is 0.329 e. The summed E-state index contributed by atoms with van der Waals surface area (Å²) in [7, 11) is 1.47. The third-order valence-electron chi connectivity index (χ3n) is 7.24. The average molecular weight is 546 g/mol. The summed E-state index contributed by atoms with van der Waals surface area (Å²) in [6.07, 6.45) is 2.47. The van der Waals surface area contributed by atoms with Crippen molar-refractivity contribution >= 4 is 28.5 Å². The molecule has 4 N–H and O–H groups in total. The van der Waals surface area contributed by atoms with Gasteiger partial charge < -0.3 is 34.8 Å². The highest BCUT2D eigenvalue weighted by atomic mass is 16.6. The molecular weight excluding hydrogens is 502 g/mol. The first-order valence-electron chi connectivity index (χ1n) is 13.7. The van der Waals surface area contributed by atoms with Gasteiger partial charge in [-0.25, -0.2) is 4.79 Å². The number of benzene rings is 1. The Hall–Kier alpha value is -2.95. The number of carbonyl (C=O) groups is 2. The van der Waals surface area contributed by atoms with Crippen molar-refractivity contribution in [3.63, 3.8) is 0 Å². The molecule has 0 spiro atoms. The molecule has 3 rings (SSSR count). The van der Waals surface area contributed by atoms with Crippen LogP contribution in [-0.4, -0.2) is 77.0 Å². The zero-order chi connectivity index (χ0) is 28.5. The summed E-state index contributed by atoms with van der Waals surface area (Å²) in [5.41, 5.74) is 1.90. The first-order chi connectivity index (χ1) is 18.6. The van der Waals surface area contributed by atoms with E-state index in [0.717, 1.165) is 42.1 Å². The number of carbonyl (C=O) groups excluding carboxylic acids is 2. The van der Waals surface area contributed by atoms with E-state index in [-0.39, 0.29) is 24.2 Å². The van der Waals surface area contributed by atoms with Gasteiger partial charge in [0.05, 0.1) is 6.10 Å². The van der Waals surface area contributed by atoms with E-state index < -0.39 is 42.8 Å². The highest BCUT2D eigenvalue weighted by Gasteiger charge is 2.31. The summed E-state index contributed by atoms with van der Waals surface area (Å²) in [5.74, 6) is -0.508. The van der Waals surface area contributed by atoms with Crippen LogP contribution in [0, 0.1) is 11.8 Å². The van der Waals surface area contributed by atoms with Gasteiger partial charge in [0.1, 0.15) is 30.1 Å². The second kappa shape index (κ2) is 14.4. The maximum absolute atomic E-state index is 13.2. The van der Waals surface area contributed by atoms with Gasteiger partial charge in [-0.15, -0.1) is 0 Å². The molecule has 0 aliphatic heterocycles. The minimum atomic E-state index is -1.33. The summed E-state index contributed by atoms with van der Waals surface area (Å²) >= 11 is 0. The van der Waals surface area contributed by atoms with Crippen LogP contribution in [0.5, 0.6) is 0 Å². The molecule has 216 valence electrons. The fourth-order valence-electron chi connectivity index (χ4n) is 4.96. The van der Waals surface area contributed by atoms with E-state index in [9.17, 15) is 19.8 Å². The van der Waals surface area contributed by atoms with E-state index >= 15 is 0 Å². The molecule has 1 heterocycles. The lowest BCUT2D eigenvalue weighted by molar-refractivity contribution is -0.155. The predicted octanol–water partition coefficient (Wildman–Crippen LogP) is 3.10. The van der Waals surface area contributed by atoms with Gasteiger partial charge in [-0.1, -0.05) is 44.1 Å². The van der Waals surface area contributed by atoms with Crippen LogP contribution in [-0.2, 0) is 30.3 Å². The summed E-state index contributed by atoms with van der Waals surface area (Å²) in [6.45, 7) is 6.87. The maximum atomic E-state index is 13.2. The fraction of sp³-hybridized carbons (Fsp3) is 0.621. The first kappa shape index (κ1) is 30.6. The van der Waals surface area contributed by atoms with E-state index in [0.29, 0.717) is 5.92 Å². The molecule has 1 amide bonds. The predicted molar refractivity (Wildman–Crippen MR) is 148 cm³/mol. The zero-order valence-corrected chi connectivity index (χ0v) is 23.6. The van der Waals surface area contributed by atoms with Crippen molar-refractivity contribution in [1.29, 1.82) is 0 Å². The Morgan fingerprint density at radius 1 is 1.13 bits per heavy atom. The van der Waals surface area contributed by atoms with Gasteiger partial charge in [0.2, 0.25) is 0 Å². The van der Waals surface area contributed by atoms with Crippen LogP contribution in [0.4, 0.5) is 0 Å². The monoisotopic (exact) mass is 545 g/mol. The summed E-state index contributed by atoms with van der Waals surface area (Å²) in [4.78, 5) is 34.6. The van der Waals surface area contributed by atoms with Crippen molar-refractivity contribution in [3.8, 4) is 0 Å². The van der Waals surface area contributed by atoms with Crippen molar-refractivity contribution < 1.29 is 34.1 Å². The number of ether oxygens (including phenoxy) is 2. The Bertz CT molecular complexity index is 1110. The third kappa shape index (κ3) is 8.52. The zero-order valence-electron chi connectivity index (χ0n) is 23.6. The standard InChI is InChI=1S/C29H43N3O7/c1-17(2)28(37-5)26(27(35)19(4)33)32-38-16-25(34)31-24(29(36)39-21-12-10-18(3)11-13-21)14-20-15-30-23-9-7-6-8-22(20)23/h6-9,15,17-19,21,24,27-28,30,33,35H,10-14,16H2,1-5H3,(H,31,34)/b32-26+/t18?,19-,21?,24+,27+,28+/m1/s1. The van der Waals surface area contributed by atoms with Crippen LogP contribution in [0.15, 0.2) is 35.6 Å².